The summed E-state index contributed by atoms with van der Waals surface area (Å²) in [7, 11) is 0. The molecule has 0 atom stereocenters. The van der Waals surface area contributed by atoms with Crippen LogP contribution in [0, 0.1) is 13.8 Å². The Kier molecular flexibility index (Phi) is 4.31. The van der Waals surface area contributed by atoms with Gasteiger partial charge in [0, 0.05) is 29.9 Å². The van der Waals surface area contributed by atoms with Crippen LogP contribution in [0.3, 0.4) is 0 Å². The predicted octanol–water partition coefficient (Wildman–Crippen LogP) is 2.85. The lowest BCUT2D eigenvalue weighted by Crippen LogP contribution is -2.40. The number of ketones is 1. The Balaban J connectivity index is 1.70. The van der Waals surface area contributed by atoms with Gasteiger partial charge < -0.3 is 19.6 Å². The van der Waals surface area contributed by atoms with Gasteiger partial charge in [-0.2, -0.15) is 0 Å². The molecule has 3 aromatic rings. The van der Waals surface area contributed by atoms with E-state index in [9.17, 15) is 9.59 Å². The number of carbonyl (C=O) groups excluding carboxylic acids is 2. The molecule has 1 amide bonds. The average molecular weight is 366 g/mol. The first-order valence-corrected chi connectivity index (χ1v) is 9.03. The number of aromatic amines is 2. The summed E-state index contributed by atoms with van der Waals surface area (Å²) in [5, 5.41) is 0. The molecule has 1 aromatic carbocycles. The number of fused-ring (bicyclic) bond motifs is 1. The maximum absolute atomic E-state index is 12.7. The highest BCUT2D eigenvalue weighted by Gasteiger charge is 2.21. The van der Waals surface area contributed by atoms with Crippen LogP contribution in [0.1, 0.15) is 38.9 Å². The number of aromatic nitrogens is 3. The third-order valence-corrected chi connectivity index (χ3v) is 5.05. The standard InChI is InChI=1S/C20H22N4O3/c1-11-17(13(3)25)12(2)21-18(11)19-22-15-5-4-14(10-16(15)23-19)20(26)24-6-8-27-9-7-24/h4-5,10,21H,6-9H2,1-3H3,(H,22,23). The molecule has 1 fully saturated rings. The van der Waals surface area contributed by atoms with Crippen molar-refractivity contribution in [2.45, 2.75) is 20.8 Å². The maximum atomic E-state index is 12.7. The van der Waals surface area contributed by atoms with Gasteiger partial charge in [0.05, 0.1) is 29.9 Å². The molecule has 0 radical (unpaired) electrons. The minimum Gasteiger partial charge on any atom is -0.378 e. The first-order valence-electron chi connectivity index (χ1n) is 9.03. The Hall–Kier alpha value is -2.93. The molecule has 7 heteroatoms. The molecule has 2 N–H and O–H groups in total. The summed E-state index contributed by atoms with van der Waals surface area (Å²) in [5.74, 6) is 0.693. The van der Waals surface area contributed by atoms with Gasteiger partial charge in [-0.05, 0) is 44.5 Å². The number of benzene rings is 1. The molecule has 0 unspecified atom stereocenters. The van der Waals surface area contributed by atoms with E-state index < -0.39 is 0 Å². The molecular weight excluding hydrogens is 344 g/mol. The van der Waals surface area contributed by atoms with Crippen LogP contribution < -0.4 is 0 Å². The Morgan fingerprint density at radius 1 is 1.15 bits per heavy atom. The van der Waals surface area contributed by atoms with E-state index in [4.69, 9.17) is 4.74 Å². The topological polar surface area (TPSA) is 91.1 Å². The van der Waals surface area contributed by atoms with Crippen LogP contribution in [0.2, 0.25) is 0 Å². The van der Waals surface area contributed by atoms with Gasteiger partial charge in [-0.3, -0.25) is 9.59 Å². The van der Waals surface area contributed by atoms with Gasteiger partial charge in [-0.1, -0.05) is 0 Å². The minimum atomic E-state index is 0.00196. The normalized spacial score (nSPS) is 14.7. The highest BCUT2D eigenvalue weighted by molar-refractivity contribution is 5.99. The van der Waals surface area contributed by atoms with E-state index >= 15 is 0 Å². The quantitative estimate of drug-likeness (QED) is 0.697. The molecule has 0 saturated carbocycles. The number of aryl methyl sites for hydroxylation is 1. The van der Waals surface area contributed by atoms with Crippen LogP contribution in [-0.2, 0) is 4.74 Å². The van der Waals surface area contributed by atoms with Crippen molar-refractivity contribution in [1.82, 2.24) is 19.9 Å². The van der Waals surface area contributed by atoms with Crippen LogP contribution in [0.15, 0.2) is 18.2 Å². The number of amides is 1. The highest BCUT2D eigenvalue weighted by Crippen LogP contribution is 2.28. The number of carbonyl (C=O) groups is 2. The highest BCUT2D eigenvalue weighted by atomic mass is 16.5. The fourth-order valence-corrected chi connectivity index (χ4v) is 3.72. The van der Waals surface area contributed by atoms with Crippen molar-refractivity contribution in [2.75, 3.05) is 26.3 Å². The van der Waals surface area contributed by atoms with Gasteiger partial charge in [0.2, 0.25) is 0 Å². The van der Waals surface area contributed by atoms with Gasteiger partial charge in [-0.15, -0.1) is 0 Å². The average Bonchev–Trinajstić information content (AvgIpc) is 3.21. The lowest BCUT2D eigenvalue weighted by Gasteiger charge is -2.26. The third kappa shape index (κ3) is 3.04. The lowest BCUT2D eigenvalue weighted by atomic mass is 10.1. The van der Waals surface area contributed by atoms with E-state index in [0.717, 1.165) is 28.0 Å². The second-order valence-corrected chi connectivity index (χ2v) is 6.90. The number of Topliss-reactive ketones (excluding diaryl/α,β-unsaturated/α-hetero) is 1. The predicted molar refractivity (Wildman–Crippen MR) is 102 cm³/mol. The Labute approximate surface area is 156 Å². The fraction of sp³-hybridized carbons (Fsp3) is 0.350. The van der Waals surface area contributed by atoms with Crippen LogP contribution in [0.25, 0.3) is 22.6 Å². The van der Waals surface area contributed by atoms with E-state index in [1.807, 2.05) is 26.0 Å². The molecule has 1 aliphatic heterocycles. The lowest BCUT2D eigenvalue weighted by molar-refractivity contribution is 0.0303. The summed E-state index contributed by atoms with van der Waals surface area (Å²) in [4.78, 5) is 37.5. The molecule has 4 rings (SSSR count). The number of imidazole rings is 1. The summed E-state index contributed by atoms with van der Waals surface area (Å²) in [6.45, 7) is 7.73. The second kappa shape index (κ2) is 6.66. The van der Waals surface area contributed by atoms with Crippen LogP contribution in [-0.4, -0.2) is 57.8 Å². The van der Waals surface area contributed by atoms with Crippen molar-refractivity contribution < 1.29 is 14.3 Å². The zero-order valence-electron chi connectivity index (χ0n) is 15.7. The summed E-state index contributed by atoms with van der Waals surface area (Å²) < 4.78 is 5.31. The molecule has 140 valence electrons. The van der Waals surface area contributed by atoms with E-state index in [0.29, 0.717) is 43.3 Å². The number of nitrogens with zero attached hydrogens (tertiary/aromatic N) is 2. The van der Waals surface area contributed by atoms with Crippen molar-refractivity contribution in [3.8, 4) is 11.5 Å². The first kappa shape index (κ1) is 17.5. The third-order valence-electron chi connectivity index (χ3n) is 5.05. The molecule has 1 saturated heterocycles. The number of rotatable bonds is 3. The van der Waals surface area contributed by atoms with Gasteiger partial charge in [0.1, 0.15) is 0 Å². The summed E-state index contributed by atoms with van der Waals surface area (Å²) in [6.07, 6.45) is 0. The smallest absolute Gasteiger partial charge is 0.254 e. The Bertz CT molecular complexity index is 1040. The minimum absolute atomic E-state index is 0.00196. The van der Waals surface area contributed by atoms with Crippen molar-refractivity contribution in [1.29, 1.82) is 0 Å². The Morgan fingerprint density at radius 2 is 1.89 bits per heavy atom. The SMILES string of the molecule is CC(=O)c1c(C)[nH]c(-c2nc3ccc(C(=O)N4CCOCC4)cc3[nH]2)c1C. The maximum Gasteiger partial charge on any atom is 0.254 e. The van der Waals surface area contributed by atoms with Crippen molar-refractivity contribution >= 4 is 22.7 Å². The fourth-order valence-electron chi connectivity index (χ4n) is 3.72. The molecule has 27 heavy (non-hydrogen) atoms. The number of hydrogen-bond donors (Lipinski definition) is 2. The van der Waals surface area contributed by atoms with E-state index in [1.165, 1.54) is 0 Å². The van der Waals surface area contributed by atoms with Crippen molar-refractivity contribution in [2.24, 2.45) is 0 Å². The number of ether oxygens (including phenoxy) is 1. The molecule has 3 heterocycles. The second-order valence-electron chi connectivity index (χ2n) is 6.90. The van der Waals surface area contributed by atoms with Crippen LogP contribution in [0.5, 0.6) is 0 Å². The molecule has 2 aromatic heterocycles. The zero-order valence-corrected chi connectivity index (χ0v) is 15.7. The number of nitrogens with one attached hydrogen (secondary N) is 2. The molecule has 7 nitrogen and oxygen atoms in total. The number of morpholine rings is 1. The van der Waals surface area contributed by atoms with Crippen LogP contribution in [0.4, 0.5) is 0 Å². The van der Waals surface area contributed by atoms with E-state index in [-0.39, 0.29) is 11.7 Å². The molecule has 1 aliphatic rings. The molecule has 0 aliphatic carbocycles. The molecule has 0 bridgehead atoms. The van der Waals surface area contributed by atoms with E-state index in [1.54, 1.807) is 17.9 Å². The number of hydrogen-bond acceptors (Lipinski definition) is 4. The van der Waals surface area contributed by atoms with E-state index in [2.05, 4.69) is 15.0 Å². The first-order chi connectivity index (χ1) is 13.0. The Morgan fingerprint density at radius 3 is 2.56 bits per heavy atom. The van der Waals surface area contributed by atoms with Crippen molar-refractivity contribution in [3.63, 3.8) is 0 Å². The van der Waals surface area contributed by atoms with Gasteiger partial charge in [-0.25, -0.2) is 4.98 Å². The summed E-state index contributed by atoms with van der Waals surface area (Å²) >= 11 is 0. The zero-order chi connectivity index (χ0) is 19.1. The van der Waals surface area contributed by atoms with Gasteiger partial charge in [0.25, 0.3) is 5.91 Å². The summed E-state index contributed by atoms with van der Waals surface area (Å²) in [5.41, 5.74) is 5.41. The molecular formula is C20H22N4O3. The van der Waals surface area contributed by atoms with Crippen LogP contribution >= 0.6 is 0 Å². The number of H-pyrrole nitrogens is 2. The van der Waals surface area contributed by atoms with Gasteiger partial charge >= 0.3 is 0 Å². The summed E-state index contributed by atoms with van der Waals surface area (Å²) in [6, 6.07) is 5.49. The van der Waals surface area contributed by atoms with Crippen molar-refractivity contribution in [3.05, 3.63) is 40.6 Å². The molecule has 0 spiro atoms. The van der Waals surface area contributed by atoms with Gasteiger partial charge in [0.15, 0.2) is 11.6 Å². The monoisotopic (exact) mass is 366 g/mol. The largest absolute Gasteiger partial charge is 0.378 e.